The Hall–Kier alpha value is -2.04. The molecule has 4 nitrogen and oxygen atoms in total. The number of anilines is 2. The zero-order chi connectivity index (χ0) is 16.1. The highest BCUT2D eigenvalue weighted by atomic mass is 35.5. The summed E-state index contributed by atoms with van der Waals surface area (Å²) in [6.45, 7) is 0. The average Bonchev–Trinajstić information content (AvgIpc) is 3.00. The molecule has 4 rings (SSSR count). The third-order valence-electron chi connectivity index (χ3n) is 4.18. The number of carbonyl (C=O) groups is 2. The van der Waals surface area contributed by atoms with Crippen molar-refractivity contribution in [2.75, 3.05) is 10.6 Å². The van der Waals surface area contributed by atoms with Gasteiger partial charge in [0.2, 0.25) is 11.8 Å². The summed E-state index contributed by atoms with van der Waals surface area (Å²) in [5.74, 6) is -0.0401. The first-order chi connectivity index (χ1) is 11.0. The molecule has 2 amide bonds. The van der Waals surface area contributed by atoms with Gasteiger partial charge in [0.05, 0.1) is 12.8 Å². The van der Waals surface area contributed by atoms with Gasteiger partial charge in [-0.3, -0.25) is 9.59 Å². The van der Waals surface area contributed by atoms with Gasteiger partial charge in [-0.2, -0.15) is 0 Å². The van der Waals surface area contributed by atoms with Gasteiger partial charge < -0.3 is 10.6 Å². The van der Waals surface area contributed by atoms with Gasteiger partial charge in [-0.1, -0.05) is 35.3 Å². The molecule has 116 valence electrons. The number of carbonyl (C=O) groups excluding carboxylic acids is 2. The number of amides is 2. The molecule has 0 bridgehead atoms. The van der Waals surface area contributed by atoms with Crippen molar-refractivity contribution in [3.8, 4) is 0 Å². The molecule has 0 aromatic heterocycles. The van der Waals surface area contributed by atoms with Gasteiger partial charge in [0, 0.05) is 27.8 Å². The van der Waals surface area contributed by atoms with Crippen LogP contribution in [0.5, 0.6) is 0 Å². The van der Waals surface area contributed by atoms with Crippen LogP contribution >= 0.6 is 23.2 Å². The lowest BCUT2D eigenvalue weighted by molar-refractivity contribution is -0.115. The highest BCUT2D eigenvalue weighted by Crippen LogP contribution is 2.34. The van der Waals surface area contributed by atoms with Crippen LogP contribution in [0.4, 0.5) is 11.4 Å². The van der Waals surface area contributed by atoms with Gasteiger partial charge in [0.25, 0.3) is 0 Å². The molecule has 6 heteroatoms. The maximum Gasteiger partial charge on any atom is 0.228 e. The van der Waals surface area contributed by atoms with Gasteiger partial charge in [0.1, 0.15) is 0 Å². The maximum absolute atomic E-state index is 11.5. The topological polar surface area (TPSA) is 58.2 Å². The second-order valence-electron chi connectivity index (χ2n) is 5.83. The Labute approximate surface area is 142 Å². The molecule has 0 fully saturated rings. The van der Waals surface area contributed by atoms with Crippen molar-refractivity contribution in [1.82, 2.24) is 0 Å². The second-order valence-corrected chi connectivity index (χ2v) is 6.64. The van der Waals surface area contributed by atoms with Gasteiger partial charge in [-0.25, -0.2) is 0 Å². The standard InChI is InChI=1S/C17H12Cl2N2O2/c18-12-6-14-10(4-16(22)20-14)2-8(12)1-9-3-11-5-17(23)21-15(11)7-13(9)19/h2-3,6-7H,1,4-5H2,(H,20,22)(H,21,23). The number of fused-ring (bicyclic) bond motifs is 2. The summed E-state index contributed by atoms with van der Waals surface area (Å²) in [6, 6.07) is 7.46. The van der Waals surface area contributed by atoms with E-state index in [1.807, 2.05) is 12.1 Å². The number of benzene rings is 2. The Morgan fingerprint density at radius 2 is 1.22 bits per heavy atom. The minimum Gasteiger partial charge on any atom is -0.325 e. The molecule has 0 radical (unpaired) electrons. The van der Waals surface area contributed by atoms with E-state index in [-0.39, 0.29) is 11.8 Å². The van der Waals surface area contributed by atoms with Crippen LogP contribution in [0.2, 0.25) is 10.0 Å². The van der Waals surface area contributed by atoms with Crippen LogP contribution in [0.1, 0.15) is 22.3 Å². The van der Waals surface area contributed by atoms with Crippen LogP contribution < -0.4 is 10.6 Å². The third-order valence-corrected chi connectivity index (χ3v) is 4.88. The molecule has 2 aliphatic heterocycles. The largest absolute Gasteiger partial charge is 0.325 e. The monoisotopic (exact) mass is 346 g/mol. The lowest BCUT2D eigenvalue weighted by atomic mass is 9.99. The van der Waals surface area contributed by atoms with E-state index in [0.29, 0.717) is 29.3 Å². The van der Waals surface area contributed by atoms with Gasteiger partial charge in [-0.15, -0.1) is 0 Å². The van der Waals surface area contributed by atoms with Crippen molar-refractivity contribution in [2.45, 2.75) is 19.3 Å². The SMILES string of the molecule is O=C1Cc2cc(Cc3cc4c(cc3Cl)NC(=O)C4)c(Cl)cc2N1. The zero-order valence-corrected chi connectivity index (χ0v) is 13.5. The Bertz CT molecular complexity index is 806. The smallest absolute Gasteiger partial charge is 0.228 e. The van der Waals surface area contributed by atoms with Crippen LogP contribution in [-0.4, -0.2) is 11.8 Å². The fraction of sp³-hybridized carbons (Fsp3) is 0.176. The maximum atomic E-state index is 11.5. The number of nitrogens with one attached hydrogen (secondary N) is 2. The number of rotatable bonds is 2. The van der Waals surface area contributed by atoms with E-state index < -0.39 is 0 Å². The molecule has 0 atom stereocenters. The first kappa shape index (κ1) is 14.5. The van der Waals surface area contributed by atoms with E-state index in [4.69, 9.17) is 23.2 Å². The quantitative estimate of drug-likeness (QED) is 0.873. The first-order valence-electron chi connectivity index (χ1n) is 7.22. The van der Waals surface area contributed by atoms with E-state index in [0.717, 1.165) is 33.6 Å². The van der Waals surface area contributed by atoms with Crippen molar-refractivity contribution in [3.05, 3.63) is 56.6 Å². The molecule has 2 N–H and O–H groups in total. The van der Waals surface area contributed by atoms with E-state index in [2.05, 4.69) is 10.6 Å². The second kappa shape index (κ2) is 5.25. The summed E-state index contributed by atoms with van der Waals surface area (Å²) in [5.41, 5.74) is 5.28. The van der Waals surface area contributed by atoms with E-state index >= 15 is 0 Å². The number of hydrogen-bond donors (Lipinski definition) is 2. The normalized spacial score (nSPS) is 15.2. The van der Waals surface area contributed by atoms with Crippen molar-refractivity contribution in [1.29, 1.82) is 0 Å². The highest BCUT2D eigenvalue weighted by Gasteiger charge is 2.22. The molecule has 23 heavy (non-hydrogen) atoms. The van der Waals surface area contributed by atoms with E-state index in [9.17, 15) is 9.59 Å². The third kappa shape index (κ3) is 2.58. The van der Waals surface area contributed by atoms with Crippen molar-refractivity contribution in [3.63, 3.8) is 0 Å². The van der Waals surface area contributed by atoms with Crippen molar-refractivity contribution in [2.24, 2.45) is 0 Å². The lowest BCUT2D eigenvalue weighted by Crippen LogP contribution is -2.03. The van der Waals surface area contributed by atoms with E-state index in [1.54, 1.807) is 12.1 Å². The zero-order valence-electron chi connectivity index (χ0n) is 12.0. The predicted octanol–water partition coefficient (Wildman–Crippen LogP) is 3.57. The summed E-state index contributed by atoms with van der Waals surface area (Å²) in [6.07, 6.45) is 1.30. The average molecular weight is 347 g/mol. The van der Waals surface area contributed by atoms with Gasteiger partial charge in [0.15, 0.2) is 0 Å². The summed E-state index contributed by atoms with van der Waals surface area (Å²) in [4.78, 5) is 23.0. The highest BCUT2D eigenvalue weighted by molar-refractivity contribution is 6.32. The van der Waals surface area contributed by atoms with Crippen LogP contribution in [0.15, 0.2) is 24.3 Å². The number of halogens is 2. The minimum atomic E-state index is -0.0200. The predicted molar refractivity (Wildman–Crippen MR) is 90.4 cm³/mol. The van der Waals surface area contributed by atoms with E-state index in [1.165, 1.54) is 0 Å². The molecule has 0 saturated carbocycles. The lowest BCUT2D eigenvalue weighted by Gasteiger charge is -2.11. The molecule has 0 spiro atoms. The van der Waals surface area contributed by atoms with Crippen LogP contribution in [0.3, 0.4) is 0 Å². The van der Waals surface area contributed by atoms with Crippen molar-refractivity contribution >= 4 is 46.4 Å². The van der Waals surface area contributed by atoms with Gasteiger partial charge in [-0.05, 0) is 34.4 Å². The van der Waals surface area contributed by atoms with Gasteiger partial charge >= 0.3 is 0 Å². The Morgan fingerprint density at radius 1 is 0.783 bits per heavy atom. The summed E-state index contributed by atoms with van der Waals surface area (Å²) in [7, 11) is 0. The Balaban J connectivity index is 1.70. The molecule has 0 unspecified atom stereocenters. The fourth-order valence-corrected chi connectivity index (χ4v) is 3.54. The molecular weight excluding hydrogens is 335 g/mol. The molecule has 0 aliphatic carbocycles. The van der Waals surface area contributed by atoms with Crippen LogP contribution in [0.25, 0.3) is 0 Å². The van der Waals surface area contributed by atoms with Crippen LogP contribution in [0, 0.1) is 0 Å². The fourth-order valence-electron chi connectivity index (χ4n) is 3.07. The summed E-state index contributed by atoms with van der Waals surface area (Å²) in [5, 5.41) is 6.76. The van der Waals surface area contributed by atoms with Crippen molar-refractivity contribution < 1.29 is 9.59 Å². The first-order valence-corrected chi connectivity index (χ1v) is 7.97. The summed E-state index contributed by atoms with van der Waals surface area (Å²) >= 11 is 12.7. The molecule has 2 aliphatic rings. The van der Waals surface area contributed by atoms with Crippen LogP contribution in [-0.2, 0) is 28.9 Å². The Kier molecular flexibility index (Phi) is 3.32. The molecule has 0 saturated heterocycles. The molecule has 2 aromatic rings. The molecule has 2 heterocycles. The molecular formula is C17H12Cl2N2O2. The Morgan fingerprint density at radius 3 is 1.65 bits per heavy atom. The minimum absolute atomic E-state index is 0.0200. The summed E-state index contributed by atoms with van der Waals surface area (Å²) < 4.78 is 0. The molecule has 2 aromatic carbocycles. The number of hydrogen-bond acceptors (Lipinski definition) is 2.